The van der Waals surface area contributed by atoms with Gasteiger partial charge in [-0.1, -0.05) is 6.42 Å². The number of hydrogen-bond donors (Lipinski definition) is 4. The Bertz CT molecular complexity index is 477. The van der Waals surface area contributed by atoms with E-state index < -0.39 is 17.6 Å². The molecule has 0 aromatic rings. The maximum absolute atomic E-state index is 12.6. The van der Waals surface area contributed by atoms with Crippen LogP contribution < -0.4 is 21.3 Å². The molecular formula is C20H40N4O4. The summed E-state index contributed by atoms with van der Waals surface area (Å²) in [5, 5.41) is 11.7. The van der Waals surface area contributed by atoms with Crippen molar-refractivity contribution in [3.05, 3.63) is 0 Å². The molecule has 0 saturated heterocycles. The van der Waals surface area contributed by atoms with Crippen LogP contribution in [-0.4, -0.2) is 62.7 Å². The van der Waals surface area contributed by atoms with Crippen LogP contribution in [0.5, 0.6) is 0 Å². The first-order valence-electron chi connectivity index (χ1n) is 10.2. The minimum atomic E-state index is -0.697. The lowest BCUT2D eigenvalue weighted by Crippen LogP contribution is -2.50. The molecule has 8 heteroatoms. The van der Waals surface area contributed by atoms with Gasteiger partial charge < -0.3 is 26.0 Å². The Labute approximate surface area is 169 Å². The third-order valence-electron chi connectivity index (χ3n) is 4.14. The highest BCUT2D eigenvalue weighted by Gasteiger charge is 2.28. The van der Waals surface area contributed by atoms with Crippen molar-refractivity contribution in [2.75, 3.05) is 27.2 Å². The summed E-state index contributed by atoms with van der Waals surface area (Å²) in [6.07, 6.45) is 4.49. The second-order valence-corrected chi connectivity index (χ2v) is 8.01. The van der Waals surface area contributed by atoms with Gasteiger partial charge in [0.15, 0.2) is 0 Å². The number of amides is 2. The van der Waals surface area contributed by atoms with Crippen molar-refractivity contribution in [1.29, 1.82) is 0 Å². The number of rotatable bonds is 14. The van der Waals surface area contributed by atoms with Crippen LogP contribution in [0.3, 0.4) is 0 Å². The number of esters is 1. The molecular weight excluding hydrogens is 360 g/mol. The summed E-state index contributed by atoms with van der Waals surface area (Å²) in [6, 6.07) is -1.04. The zero-order chi connectivity index (χ0) is 21.6. The van der Waals surface area contributed by atoms with Gasteiger partial charge in [-0.25, -0.2) is 4.79 Å². The van der Waals surface area contributed by atoms with Crippen LogP contribution in [0.4, 0.5) is 0 Å². The van der Waals surface area contributed by atoms with Gasteiger partial charge in [-0.05, 0) is 73.5 Å². The Morgan fingerprint density at radius 1 is 0.893 bits per heavy atom. The molecule has 0 aromatic heterocycles. The first-order chi connectivity index (χ1) is 13.1. The molecule has 0 bridgehead atoms. The third kappa shape index (κ3) is 13.5. The fourth-order valence-corrected chi connectivity index (χ4v) is 2.69. The number of nitrogens with one attached hydrogen (secondary N) is 4. The van der Waals surface area contributed by atoms with Crippen molar-refractivity contribution in [3.8, 4) is 0 Å². The van der Waals surface area contributed by atoms with Gasteiger partial charge in [-0.2, -0.15) is 0 Å². The quantitative estimate of drug-likeness (QED) is 0.257. The van der Waals surface area contributed by atoms with E-state index in [-0.39, 0.29) is 17.9 Å². The summed E-state index contributed by atoms with van der Waals surface area (Å²) in [5.74, 6) is -0.692. The molecule has 0 aromatic carbocycles. The summed E-state index contributed by atoms with van der Waals surface area (Å²) in [6.45, 7) is 8.34. The van der Waals surface area contributed by atoms with Crippen molar-refractivity contribution >= 4 is 17.8 Å². The maximum Gasteiger partial charge on any atom is 0.329 e. The van der Waals surface area contributed by atoms with Crippen molar-refractivity contribution in [2.24, 2.45) is 0 Å². The fourth-order valence-electron chi connectivity index (χ4n) is 2.69. The Morgan fingerprint density at radius 2 is 1.46 bits per heavy atom. The highest BCUT2D eigenvalue weighted by Crippen LogP contribution is 2.12. The van der Waals surface area contributed by atoms with E-state index in [0.29, 0.717) is 25.8 Å². The topological polar surface area (TPSA) is 109 Å². The average molecular weight is 401 g/mol. The molecule has 164 valence electrons. The van der Waals surface area contributed by atoms with E-state index in [1.165, 1.54) is 6.92 Å². The average Bonchev–Trinajstić information content (AvgIpc) is 2.58. The van der Waals surface area contributed by atoms with Gasteiger partial charge in [0.05, 0.1) is 6.04 Å². The van der Waals surface area contributed by atoms with Crippen molar-refractivity contribution in [2.45, 2.75) is 83.9 Å². The Morgan fingerprint density at radius 3 is 1.96 bits per heavy atom. The van der Waals surface area contributed by atoms with Crippen LogP contribution in [-0.2, 0) is 19.1 Å². The zero-order valence-electron chi connectivity index (χ0n) is 18.4. The summed E-state index contributed by atoms with van der Waals surface area (Å²) in [4.78, 5) is 36.1. The minimum absolute atomic E-state index is 0.0767. The largest absolute Gasteiger partial charge is 0.458 e. The van der Waals surface area contributed by atoms with Crippen molar-refractivity contribution in [3.63, 3.8) is 0 Å². The lowest BCUT2D eigenvalue weighted by molar-refractivity contribution is -0.159. The van der Waals surface area contributed by atoms with Gasteiger partial charge in [-0.15, -0.1) is 0 Å². The summed E-state index contributed by atoms with van der Waals surface area (Å²) < 4.78 is 5.47. The normalized spacial score (nSPS) is 13.5. The summed E-state index contributed by atoms with van der Waals surface area (Å²) in [7, 11) is 3.65. The Balaban J connectivity index is 4.75. The van der Waals surface area contributed by atoms with Gasteiger partial charge in [0.25, 0.3) is 0 Å². The van der Waals surface area contributed by atoms with Crippen LogP contribution in [0.2, 0.25) is 0 Å². The number of unbranched alkanes of at least 4 members (excludes halogenated alkanes) is 2. The molecule has 0 aliphatic carbocycles. The van der Waals surface area contributed by atoms with Crippen LogP contribution in [0.1, 0.15) is 66.2 Å². The maximum atomic E-state index is 12.6. The van der Waals surface area contributed by atoms with Crippen molar-refractivity contribution in [1.82, 2.24) is 21.3 Å². The molecule has 0 heterocycles. The lowest BCUT2D eigenvalue weighted by Gasteiger charge is -2.26. The van der Waals surface area contributed by atoms with E-state index in [2.05, 4.69) is 21.3 Å². The minimum Gasteiger partial charge on any atom is -0.458 e. The number of hydrogen-bond acceptors (Lipinski definition) is 6. The van der Waals surface area contributed by atoms with Crippen LogP contribution in [0.15, 0.2) is 0 Å². The molecule has 2 atom stereocenters. The molecule has 2 amide bonds. The van der Waals surface area contributed by atoms with Gasteiger partial charge in [0, 0.05) is 13.5 Å². The van der Waals surface area contributed by atoms with Gasteiger partial charge in [0.1, 0.15) is 11.6 Å². The van der Waals surface area contributed by atoms with Crippen LogP contribution in [0, 0.1) is 0 Å². The number of likely N-dealkylation sites (N-methyl/N-ethyl adjacent to an activating group) is 1. The molecule has 0 rings (SSSR count). The molecule has 0 radical (unpaired) electrons. The molecule has 0 aliphatic heterocycles. The summed E-state index contributed by atoms with van der Waals surface area (Å²) >= 11 is 0. The molecule has 2 unspecified atom stereocenters. The van der Waals surface area contributed by atoms with Crippen LogP contribution >= 0.6 is 0 Å². The molecule has 0 fully saturated rings. The Kier molecular flexibility index (Phi) is 13.5. The predicted molar refractivity (Wildman–Crippen MR) is 111 cm³/mol. The highest BCUT2D eigenvalue weighted by atomic mass is 16.6. The molecule has 4 N–H and O–H groups in total. The fraction of sp³-hybridized carbons (Fsp3) is 0.850. The zero-order valence-corrected chi connectivity index (χ0v) is 18.4. The first kappa shape index (κ1) is 26.3. The molecule has 8 nitrogen and oxygen atoms in total. The smallest absolute Gasteiger partial charge is 0.329 e. The predicted octanol–water partition coefficient (Wildman–Crippen LogP) is 1.10. The van der Waals surface area contributed by atoms with Gasteiger partial charge in [-0.3, -0.25) is 9.59 Å². The molecule has 0 aliphatic rings. The van der Waals surface area contributed by atoms with Gasteiger partial charge >= 0.3 is 5.97 Å². The van der Waals surface area contributed by atoms with Crippen LogP contribution in [0.25, 0.3) is 0 Å². The van der Waals surface area contributed by atoms with E-state index in [4.69, 9.17) is 4.74 Å². The SMILES string of the molecule is CNCCCCC(NC)C(=O)NC(CCCCNC(C)=O)C(=O)OC(C)(C)C. The van der Waals surface area contributed by atoms with E-state index in [9.17, 15) is 14.4 Å². The Hall–Kier alpha value is -1.67. The second kappa shape index (κ2) is 14.3. The van der Waals surface area contributed by atoms with E-state index in [1.54, 1.807) is 27.8 Å². The monoisotopic (exact) mass is 400 g/mol. The number of ether oxygens (including phenoxy) is 1. The lowest BCUT2D eigenvalue weighted by atomic mass is 10.1. The molecule has 0 saturated carbocycles. The van der Waals surface area contributed by atoms with Crippen molar-refractivity contribution < 1.29 is 19.1 Å². The molecule has 28 heavy (non-hydrogen) atoms. The highest BCUT2D eigenvalue weighted by molar-refractivity contribution is 5.87. The van der Waals surface area contributed by atoms with E-state index >= 15 is 0 Å². The van der Waals surface area contributed by atoms with E-state index in [0.717, 1.165) is 25.8 Å². The first-order valence-corrected chi connectivity index (χ1v) is 10.2. The second-order valence-electron chi connectivity index (χ2n) is 8.01. The summed E-state index contributed by atoms with van der Waals surface area (Å²) in [5.41, 5.74) is -0.619. The van der Waals surface area contributed by atoms with Gasteiger partial charge in [0.2, 0.25) is 11.8 Å². The van der Waals surface area contributed by atoms with E-state index in [1.807, 2.05) is 7.05 Å². The molecule has 0 spiro atoms. The standard InChI is InChI=1S/C20H40N4O4/c1-15(25)23-14-10-8-12-17(19(27)28-20(2,3)4)24-18(26)16(22-6)11-7-9-13-21-5/h16-17,21-22H,7-14H2,1-6H3,(H,23,25)(H,24,26). The third-order valence-corrected chi connectivity index (χ3v) is 4.14. The number of carbonyl (C=O) groups excluding carboxylic acids is 3. The number of carbonyl (C=O) groups is 3.